The third-order valence-electron chi connectivity index (χ3n) is 2.33. The molecule has 0 fully saturated rings. The van der Waals surface area contributed by atoms with Crippen molar-refractivity contribution in [1.29, 1.82) is 0 Å². The average molecular weight is 313 g/mol. The molecule has 0 atom stereocenters. The third-order valence-corrected chi connectivity index (χ3v) is 3.05. The topological polar surface area (TPSA) is 101 Å². The van der Waals surface area contributed by atoms with Crippen LogP contribution >= 0.6 is 0 Å². The van der Waals surface area contributed by atoms with Gasteiger partial charge < -0.3 is 11.1 Å². The molecule has 21 heavy (non-hydrogen) atoms. The highest BCUT2D eigenvalue weighted by Crippen LogP contribution is 2.10. The second kappa shape index (κ2) is 7.73. The first-order valence-electron chi connectivity index (χ1n) is 6.05. The van der Waals surface area contributed by atoms with Gasteiger partial charge in [-0.05, 0) is 18.2 Å². The minimum atomic E-state index is -3.30. The minimum Gasteiger partial charge on any atom is -0.351 e. The van der Waals surface area contributed by atoms with Gasteiger partial charge in [-0.15, -0.1) is 0 Å². The molecule has 1 aromatic rings. The maximum absolute atomic E-state index is 13.2. The molecule has 114 valence electrons. The van der Waals surface area contributed by atoms with Crippen LogP contribution < -0.4 is 15.8 Å². The van der Waals surface area contributed by atoms with Crippen molar-refractivity contribution in [2.45, 2.75) is 0 Å². The Kier molecular flexibility index (Phi) is 6.30. The third kappa shape index (κ3) is 6.35. The number of carbonyl (C=O) groups is 1. The molecule has 0 aliphatic heterocycles. The summed E-state index contributed by atoms with van der Waals surface area (Å²) in [4.78, 5) is 12.0. The second-order valence-corrected chi connectivity index (χ2v) is 5.95. The van der Waals surface area contributed by atoms with Gasteiger partial charge in [-0.25, -0.2) is 17.5 Å². The van der Waals surface area contributed by atoms with Crippen LogP contribution in [0.4, 0.5) is 4.39 Å². The maximum atomic E-state index is 13.2. The van der Waals surface area contributed by atoms with E-state index in [0.717, 1.165) is 18.4 Å². The molecule has 1 rings (SSSR count). The van der Waals surface area contributed by atoms with Gasteiger partial charge in [0.25, 0.3) is 5.91 Å². The Bertz CT molecular complexity index is 678. The van der Waals surface area contributed by atoms with Crippen LogP contribution in [0.15, 0.2) is 18.2 Å². The number of benzene rings is 1. The zero-order valence-corrected chi connectivity index (χ0v) is 12.3. The van der Waals surface area contributed by atoms with Crippen LogP contribution in [0.1, 0.15) is 15.9 Å². The summed E-state index contributed by atoms with van der Waals surface area (Å²) in [5.74, 6) is 4.20. The summed E-state index contributed by atoms with van der Waals surface area (Å²) >= 11 is 0. The van der Waals surface area contributed by atoms with Crippen molar-refractivity contribution < 1.29 is 17.6 Å². The Morgan fingerprint density at radius 3 is 2.71 bits per heavy atom. The number of halogens is 1. The minimum absolute atomic E-state index is 0.0651. The molecule has 0 unspecified atom stereocenters. The highest BCUT2D eigenvalue weighted by molar-refractivity contribution is 7.88. The van der Waals surface area contributed by atoms with Gasteiger partial charge in [0.15, 0.2) is 0 Å². The van der Waals surface area contributed by atoms with Gasteiger partial charge >= 0.3 is 0 Å². The molecular weight excluding hydrogens is 297 g/mol. The molecule has 6 nitrogen and oxygen atoms in total. The van der Waals surface area contributed by atoms with Crippen LogP contribution in [-0.2, 0) is 10.0 Å². The first-order chi connectivity index (χ1) is 9.83. The first kappa shape index (κ1) is 17.1. The fourth-order valence-corrected chi connectivity index (χ4v) is 1.94. The van der Waals surface area contributed by atoms with E-state index in [0.29, 0.717) is 0 Å². The lowest BCUT2D eigenvalue weighted by Gasteiger charge is -2.07. The van der Waals surface area contributed by atoms with Crippen molar-refractivity contribution in [2.75, 3.05) is 25.9 Å². The lowest BCUT2D eigenvalue weighted by atomic mass is 10.1. The van der Waals surface area contributed by atoms with E-state index in [-0.39, 0.29) is 30.8 Å². The molecule has 1 aromatic carbocycles. The number of carbonyl (C=O) groups excluding carboxylic acids is 1. The van der Waals surface area contributed by atoms with Gasteiger partial charge in [-0.1, -0.05) is 11.8 Å². The summed E-state index contributed by atoms with van der Waals surface area (Å²) < 4.78 is 37.1. The number of nitrogens with two attached hydrogens (primary N) is 1. The number of sulfonamides is 1. The van der Waals surface area contributed by atoms with E-state index in [1.54, 1.807) is 0 Å². The van der Waals surface area contributed by atoms with Crippen molar-refractivity contribution in [3.8, 4) is 11.8 Å². The van der Waals surface area contributed by atoms with E-state index in [4.69, 9.17) is 5.73 Å². The van der Waals surface area contributed by atoms with Crippen LogP contribution in [0.5, 0.6) is 0 Å². The summed E-state index contributed by atoms with van der Waals surface area (Å²) in [5, 5.41) is 2.52. The molecule has 0 saturated heterocycles. The SMILES string of the molecule is CS(=O)(=O)NCCNC(=O)c1ccc(F)cc1C#CCN. The summed E-state index contributed by atoms with van der Waals surface area (Å²) in [7, 11) is -3.30. The highest BCUT2D eigenvalue weighted by atomic mass is 32.2. The Balaban J connectivity index is 2.74. The number of hydrogen-bond acceptors (Lipinski definition) is 4. The Morgan fingerprint density at radius 2 is 2.10 bits per heavy atom. The summed E-state index contributed by atoms with van der Waals surface area (Å²) in [6.07, 6.45) is 1.02. The Hall–Kier alpha value is -1.95. The van der Waals surface area contributed by atoms with Crippen LogP contribution in [0.2, 0.25) is 0 Å². The maximum Gasteiger partial charge on any atom is 0.252 e. The molecule has 0 spiro atoms. The number of nitrogens with one attached hydrogen (secondary N) is 2. The molecule has 0 aliphatic carbocycles. The van der Waals surface area contributed by atoms with Crippen LogP contribution in [0.25, 0.3) is 0 Å². The summed E-state index contributed by atoms with van der Waals surface area (Å²) in [6, 6.07) is 3.61. The predicted molar refractivity (Wildman–Crippen MR) is 77.5 cm³/mol. The predicted octanol–water partition coefficient (Wildman–Crippen LogP) is -0.585. The van der Waals surface area contributed by atoms with Crippen molar-refractivity contribution in [1.82, 2.24) is 10.0 Å². The van der Waals surface area contributed by atoms with E-state index >= 15 is 0 Å². The quantitative estimate of drug-likeness (QED) is 0.500. The van der Waals surface area contributed by atoms with E-state index in [1.807, 2.05) is 0 Å². The molecule has 4 N–H and O–H groups in total. The molecule has 0 saturated carbocycles. The highest BCUT2D eigenvalue weighted by Gasteiger charge is 2.11. The zero-order chi connectivity index (χ0) is 15.9. The van der Waals surface area contributed by atoms with Crippen LogP contribution in [-0.4, -0.2) is 40.2 Å². The molecule has 0 bridgehead atoms. The lowest BCUT2D eigenvalue weighted by Crippen LogP contribution is -2.34. The summed E-state index contributed by atoms with van der Waals surface area (Å²) in [5.41, 5.74) is 5.68. The Morgan fingerprint density at radius 1 is 1.38 bits per heavy atom. The molecule has 0 aromatic heterocycles. The van der Waals surface area contributed by atoms with E-state index in [1.165, 1.54) is 6.07 Å². The molecule has 0 heterocycles. The number of hydrogen-bond donors (Lipinski definition) is 3. The summed E-state index contributed by atoms with van der Waals surface area (Å²) in [6.45, 7) is 0.262. The van der Waals surface area contributed by atoms with Crippen molar-refractivity contribution in [2.24, 2.45) is 5.73 Å². The first-order valence-corrected chi connectivity index (χ1v) is 7.94. The van der Waals surface area contributed by atoms with Gasteiger partial charge in [0, 0.05) is 18.7 Å². The standard InChI is InChI=1S/C13H16FN3O3S/c1-21(19,20)17-8-7-16-13(18)12-5-4-11(14)9-10(12)3-2-6-15/h4-5,9,17H,6-8,15H2,1H3,(H,16,18). The smallest absolute Gasteiger partial charge is 0.252 e. The van der Waals surface area contributed by atoms with Crippen molar-refractivity contribution >= 4 is 15.9 Å². The van der Waals surface area contributed by atoms with Crippen molar-refractivity contribution in [3.05, 3.63) is 35.1 Å². The van der Waals surface area contributed by atoms with E-state index < -0.39 is 21.7 Å². The van der Waals surface area contributed by atoms with Gasteiger partial charge in [0.05, 0.1) is 18.4 Å². The monoisotopic (exact) mass is 313 g/mol. The normalized spacial score (nSPS) is 10.6. The van der Waals surface area contributed by atoms with Crippen LogP contribution in [0, 0.1) is 17.7 Å². The van der Waals surface area contributed by atoms with Gasteiger partial charge in [-0.2, -0.15) is 0 Å². The largest absolute Gasteiger partial charge is 0.351 e. The molecule has 0 radical (unpaired) electrons. The fourth-order valence-electron chi connectivity index (χ4n) is 1.47. The molecular formula is C13H16FN3O3S. The van der Waals surface area contributed by atoms with Gasteiger partial charge in [0.1, 0.15) is 5.82 Å². The van der Waals surface area contributed by atoms with Gasteiger partial charge in [-0.3, -0.25) is 4.79 Å². The lowest BCUT2D eigenvalue weighted by molar-refractivity contribution is 0.0954. The average Bonchev–Trinajstić information content (AvgIpc) is 2.40. The zero-order valence-electron chi connectivity index (χ0n) is 11.4. The Labute approximate surface area is 123 Å². The number of rotatable bonds is 5. The van der Waals surface area contributed by atoms with Crippen LogP contribution in [0.3, 0.4) is 0 Å². The number of amides is 1. The van der Waals surface area contributed by atoms with Gasteiger partial charge in [0.2, 0.25) is 10.0 Å². The molecule has 8 heteroatoms. The molecule has 1 amide bonds. The second-order valence-electron chi connectivity index (χ2n) is 4.12. The van der Waals surface area contributed by atoms with E-state index in [9.17, 15) is 17.6 Å². The van der Waals surface area contributed by atoms with Crippen molar-refractivity contribution in [3.63, 3.8) is 0 Å². The van der Waals surface area contributed by atoms with E-state index in [2.05, 4.69) is 21.9 Å². The fraction of sp³-hybridized carbons (Fsp3) is 0.308. The molecule has 0 aliphatic rings.